The van der Waals surface area contributed by atoms with Gasteiger partial charge >= 0.3 is 19.8 Å². The molecular formula is C44H82NO8P. The predicted octanol–water partition coefficient (Wildman–Crippen LogP) is 12.4. The number of ether oxygens (including phenoxy) is 2. The third kappa shape index (κ3) is 39.9. The van der Waals surface area contributed by atoms with Crippen molar-refractivity contribution in [2.24, 2.45) is 0 Å². The van der Waals surface area contributed by atoms with Crippen LogP contribution in [-0.2, 0) is 32.7 Å². The van der Waals surface area contributed by atoms with E-state index < -0.39 is 32.5 Å². The van der Waals surface area contributed by atoms with E-state index in [1.165, 1.54) is 103 Å². The van der Waals surface area contributed by atoms with Crippen molar-refractivity contribution in [3.8, 4) is 0 Å². The zero-order chi connectivity index (χ0) is 39.6. The summed E-state index contributed by atoms with van der Waals surface area (Å²) in [6.45, 7) is 4.18. The van der Waals surface area contributed by atoms with Gasteiger partial charge in [-0.1, -0.05) is 166 Å². The van der Waals surface area contributed by atoms with Crippen LogP contribution < -0.4 is 5.32 Å². The Morgan fingerprint density at radius 1 is 0.574 bits per heavy atom. The number of hydrogen-bond donors (Lipinski definition) is 2. The van der Waals surface area contributed by atoms with Crippen LogP contribution in [0.15, 0.2) is 36.5 Å². The fourth-order valence-electron chi connectivity index (χ4n) is 5.91. The monoisotopic (exact) mass is 784 g/mol. The van der Waals surface area contributed by atoms with Crippen molar-refractivity contribution in [1.29, 1.82) is 0 Å². The first-order chi connectivity index (χ1) is 26.3. The van der Waals surface area contributed by atoms with Crippen molar-refractivity contribution in [1.82, 2.24) is 5.32 Å². The van der Waals surface area contributed by atoms with Gasteiger partial charge in [0, 0.05) is 19.4 Å². The van der Waals surface area contributed by atoms with E-state index in [1.54, 1.807) is 7.05 Å². The van der Waals surface area contributed by atoms with Crippen molar-refractivity contribution >= 4 is 19.8 Å². The highest BCUT2D eigenvalue weighted by Gasteiger charge is 2.26. The number of allylic oxidation sites excluding steroid dienone is 6. The lowest BCUT2D eigenvalue weighted by Crippen LogP contribution is -2.29. The molecule has 0 aromatic rings. The molecule has 0 aromatic heterocycles. The third-order valence-corrected chi connectivity index (χ3v) is 10.2. The van der Waals surface area contributed by atoms with Crippen molar-refractivity contribution in [2.45, 2.75) is 200 Å². The number of carbonyl (C=O) groups is 2. The SMILES string of the molecule is CCCCC/C=C\C/C=C\C/C=C\CCCCCCC(=O)OCC(COP(=O)(O)OCCNC)OC(=O)CCCCCCCCCCCCCCCCC. The zero-order valence-electron chi connectivity index (χ0n) is 34.9. The highest BCUT2D eigenvalue weighted by atomic mass is 31.2. The molecular weight excluding hydrogens is 701 g/mol. The number of carbonyl (C=O) groups excluding carboxylic acids is 2. The smallest absolute Gasteiger partial charge is 0.462 e. The van der Waals surface area contributed by atoms with E-state index in [1.807, 2.05) is 0 Å². The number of rotatable bonds is 41. The van der Waals surface area contributed by atoms with Crippen LogP contribution in [0.5, 0.6) is 0 Å². The van der Waals surface area contributed by atoms with Gasteiger partial charge < -0.3 is 19.7 Å². The molecule has 0 aliphatic heterocycles. The van der Waals surface area contributed by atoms with Gasteiger partial charge in [-0.15, -0.1) is 0 Å². The number of unbranched alkanes of at least 4 members (excludes halogenated alkanes) is 21. The van der Waals surface area contributed by atoms with E-state index in [2.05, 4.69) is 55.6 Å². The quantitative estimate of drug-likeness (QED) is 0.0270. The topological polar surface area (TPSA) is 120 Å². The van der Waals surface area contributed by atoms with Crippen LogP contribution in [0.3, 0.4) is 0 Å². The Balaban J connectivity index is 4.25. The number of nitrogens with one attached hydrogen (secondary N) is 1. The molecule has 316 valence electrons. The standard InChI is InChI=1S/C44H82NO8P/c1-4-6-8-10-12-14-16-18-20-21-23-24-26-28-30-32-34-36-43(46)50-40-42(41-52-54(48,49)51-39-38-45-3)53-44(47)37-35-33-31-29-27-25-22-19-17-15-13-11-9-7-5-2/h12,14,18,20,23-24,42,45H,4-11,13,15-17,19,21-22,25-41H2,1-3H3,(H,48,49)/b14-12-,20-18-,24-23-. The number of esters is 2. The second-order valence-corrected chi connectivity index (χ2v) is 16.0. The average Bonchev–Trinajstić information content (AvgIpc) is 3.15. The molecule has 0 spiro atoms. The maximum absolute atomic E-state index is 12.6. The first kappa shape index (κ1) is 52.2. The van der Waals surface area contributed by atoms with Crippen molar-refractivity contribution in [3.05, 3.63) is 36.5 Å². The summed E-state index contributed by atoms with van der Waals surface area (Å²) >= 11 is 0. The minimum Gasteiger partial charge on any atom is -0.462 e. The third-order valence-electron chi connectivity index (χ3n) is 9.26. The number of hydrogen-bond acceptors (Lipinski definition) is 8. The Bertz CT molecular complexity index is 986. The van der Waals surface area contributed by atoms with Gasteiger partial charge in [0.25, 0.3) is 0 Å². The molecule has 9 nitrogen and oxygen atoms in total. The summed E-state index contributed by atoms with van der Waals surface area (Å²) in [4.78, 5) is 35.0. The summed E-state index contributed by atoms with van der Waals surface area (Å²) in [5.41, 5.74) is 0. The molecule has 0 amide bonds. The summed E-state index contributed by atoms with van der Waals surface area (Å²) in [5, 5.41) is 2.82. The largest absolute Gasteiger partial charge is 0.472 e. The molecule has 0 saturated heterocycles. The van der Waals surface area contributed by atoms with Crippen LogP contribution >= 0.6 is 7.82 Å². The summed E-state index contributed by atoms with van der Waals surface area (Å²) < 4.78 is 33.2. The molecule has 2 N–H and O–H groups in total. The molecule has 0 aliphatic rings. The van der Waals surface area contributed by atoms with Crippen LogP contribution in [-0.4, -0.2) is 56.3 Å². The van der Waals surface area contributed by atoms with Gasteiger partial charge in [0.2, 0.25) is 0 Å². The summed E-state index contributed by atoms with van der Waals surface area (Å²) in [6, 6.07) is 0. The lowest BCUT2D eigenvalue weighted by Gasteiger charge is -2.20. The fourth-order valence-corrected chi connectivity index (χ4v) is 6.66. The van der Waals surface area contributed by atoms with Crippen molar-refractivity contribution in [3.63, 3.8) is 0 Å². The van der Waals surface area contributed by atoms with Crippen LogP contribution in [0.1, 0.15) is 194 Å². The first-order valence-corrected chi connectivity index (χ1v) is 23.4. The first-order valence-electron chi connectivity index (χ1n) is 21.9. The number of likely N-dealkylation sites (N-methyl/N-ethyl adjacent to an activating group) is 1. The van der Waals surface area contributed by atoms with E-state index in [0.29, 0.717) is 19.4 Å². The van der Waals surface area contributed by atoms with Crippen molar-refractivity contribution in [2.75, 3.05) is 33.4 Å². The molecule has 0 saturated carbocycles. The minimum absolute atomic E-state index is 0.0199. The molecule has 0 rings (SSSR count). The second-order valence-electron chi connectivity index (χ2n) is 14.5. The van der Waals surface area contributed by atoms with E-state index in [0.717, 1.165) is 51.4 Å². The van der Waals surface area contributed by atoms with Crippen LogP contribution in [0.25, 0.3) is 0 Å². The van der Waals surface area contributed by atoms with E-state index >= 15 is 0 Å². The molecule has 0 heterocycles. The predicted molar refractivity (Wildman–Crippen MR) is 225 cm³/mol. The van der Waals surface area contributed by atoms with E-state index in [9.17, 15) is 19.0 Å². The minimum atomic E-state index is -4.35. The van der Waals surface area contributed by atoms with Gasteiger partial charge in [0.05, 0.1) is 13.2 Å². The molecule has 2 atom stereocenters. The Morgan fingerprint density at radius 3 is 1.52 bits per heavy atom. The summed E-state index contributed by atoms with van der Waals surface area (Å²) in [6.07, 6.45) is 43.2. The molecule has 54 heavy (non-hydrogen) atoms. The Morgan fingerprint density at radius 2 is 1.00 bits per heavy atom. The van der Waals surface area contributed by atoms with Crippen molar-refractivity contribution < 1.29 is 37.6 Å². The van der Waals surface area contributed by atoms with Gasteiger partial charge in [-0.25, -0.2) is 4.57 Å². The molecule has 0 aliphatic carbocycles. The fraction of sp³-hybridized carbons (Fsp3) is 0.818. The Kier molecular flexibility index (Phi) is 39.5. The maximum atomic E-state index is 12.6. The average molecular weight is 784 g/mol. The number of phosphoric ester groups is 1. The molecule has 0 bridgehead atoms. The highest BCUT2D eigenvalue weighted by molar-refractivity contribution is 7.47. The highest BCUT2D eigenvalue weighted by Crippen LogP contribution is 2.43. The van der Waals surface area contributed by atoms with Gasteiger partial charge in [-0.3, -0.25) is 18.6 Å². The maximum Gasteiger partial charge on any atom is 0.472 e. The molecule has 10 heteroatoms. The second kappa shape index (κ2) is 40.9. The summed E-state index contributed by atoms with van der Waals surface area (Å²) in [5.74, 6) is -0.827. The lowest BCUT2D eigenvalue weighted by molar-refractivity contribution is -0.161. The number of phosphoric acid groups is 1. The Hall–Kier alpha value is -1.77. The summed E-state index contributed by atoms with van der Waals surface area (Å²) in [7, 11) is -2.65. The molecule has 0 radical (unpaired) electrons. The van der Waals surface area contributed by atoms with Gasteiger partial charge in [0.15, 0.2) is 6.10 Å². The van der Waals surface area contributed by atoms with Gasteiger partial charge in [-0.2, -0.15) is 0 Å². The van der Waals surface area contributed by atoms with Crippen LogP contribution in [0.2, 0.25) is 0 Å². The van der Waals surface area contributed by atoms with Crippen LogP contribution in [0.4, 0.5) is 0 Å². The van der Waals surface area contributed by atoms with E-state index in [-0.39, 0.29) is 26.1 Å². The normalized spacial score (nSPS) is 13.6. The molecule has 0 fully saturated rings. The van der Waals surface area contributed by atoms with Crippen LogP contribution in [0, 0.1) is 0 Å². The molecule has 0 aromatic carbocycles. The van der Waals surface area contributed by atoms with Gasteiger partial charge in [0.1, 0.15) is 6.61 Å². The van der Waals surface area contributed by atoms with Gasteiger partial charge in [-0.05, 0) is 58.4 Å². The van der Waals surface area contributed by atoms with E-state index in [4.69, 9.17) is 18.5 Å². The Labute approximate surface area is 331 Å². The molecule has 2 unspecified atom stereocenters. The lowest BCUT2D eigenvalue weighted by atomic mass is 10.0. The zero-order valence-corrected chi connectivity index (χ0v) is 35.8.